The van der Waals surface area contributed by atoms with Gasteiger partial charge in [0, 0.05) is 19.4 Å². The Labute approximate surface area is 212 Å². The fourth-order valence-electron chi connectivity index (χ4n) is 4.05. The van der Waals surface area contributed by atoms with Gasteiger partial charge in [-0.3, -0.25) is 14.3 Å². The molecule has 0 unspecified atom stereocenters. The lowest BCUT2D eigenvalue weighted by molar-refractivity contribution is -0.140. The minimum absolute atomic E-state index is 0.0326. The number of thiazole rings is 1. The number of pyridine rings is 1. The van der Waals surface area contributed by atoms with Crippen LogP contribution in [0.4, 0.5) is 17.6 Å². The zero-order chi connectivity index (χ0) is 26.5. The van der Waals surface area contributed by atoms with Gasteiger partial charge in [0.2, 0.25) is 0 Å². The van der Waals surface area contributed by atoms with E-state index in [0.29, 0.717) is 21.5 Å². The predicted molar refractivity (Wildman–Crippen MR) is 132 cm³/mol. The first-order valence-electron chi connectivity index (χ1n) is 11.2. The molecule has 0 fully saturated rings. The Hall–Kier alpha value is -3.93. The van der Waals surface area contributed by atoms with Crippen LogP contribution in [0.1, 0.15) is 36.6 Å². The molecule has 0 aliphatic carbocycles. The van der Waals surface area contributed by atoms with E-state index in [-0.39, 0.29) is 34.7 Å². The van der Waals surface area contributed by atoms with E-state index in [1.54, 1.807) is 18.2 Å². The Morgan fingerprint density at radius 3 is 2.49 bits per heavy atom. The molecule has 1 aromatic carbocycles. The summed E-state index contributed by atoms with van der Waals surface area (Å²) in [4.78, 5) is 29.3. The van der Waals surface area contributed by atoms with Gasteiger partial charge >= 0.3 is 11.0 Å². The second kappa shape index (κ2) is 9.18. The standard InChI is InChI=1S/C25H20F4N6OS/c1-13(2)15-5-4-6-16(26)20(15)21-31-10-18-23(33-21)35(24(36)37-18)11-14-7-8-17(30-9-14)22-32-19(12-34(22)3)25(27,28)29/h4-10,12-13H,11H2,1-3H3. The molecule has 4 aromatic heterocycles. The summed E-state index contributed by atoms with van der Waals surface area (Å²) in [6, 6.07) is 8.02. The lowest BCUT2D eigenvalue weighted by Crippen LogP contribution is -2.14. The second-order valence-corrected chi connectivity index (χ2v) is 9.80. The highest BCUT2D eigenvalue weighted by atomic mass is 32.1. The van der Waals surface area contributed by atoms with Gasteiger partial charge in [0.1, 0.15) is 11.5 Å². The van der Waals surface area contributed by atoms with Gasteiger partial charge in [-0.2, -0.15) is 13.2 Å². The average Bonchev–Trinajstić information content (AvgIpc) is 3.39. The maximum atomic E-state index is 14.8. The first-order chi connectivity index (χ1) is 17.5. The predicted octanol–water partition coefficient (Wildman–Crippen LogP) is 5.65. The number of aryl methyl sites for hydroxylation is 1. The van der Waals surface area contributed by atoms with Crippen molar-refractivity contribution in [1.29, 1.82) is 0 Å². The number of rotatable bonds is 5. The Balaban J connectivity index is 1.50. The van der Waals surface area contributed by atoms with Crippen LogP contribution in [0.25, 0.3) is 33.3 Å². The number of hydrogen-bond donors (Lipinski definition) is 0. The molecule has 0 atom stereocenters. The topological polar surface area (TPSA) is 78.5 Å². The van der Waals surface area contributed by atoms with Gasteiger partial charge in [-0.05, 0) is 29.2 Å². The number of fused-ring (bicyclic) bond motifs is 1. The number of hydrogen-bond acceptors (Lipinski definition) is 6. The maximum Gasteiger partial charge on any atom is 0.434 e. The molecule has 37 heavy (non-hydrogen) atoms. The van der Waals surface area contributed by atoms with Crippen molar-refractivity contribution in [2.24, 2.45) is 7.05 Å². The molecule has 7 nitrogen and oxygen atoms in total. The van der Waals surface area contributed by atoms with E-state index < -0.39 is 17.7 Å². The van der Waals surface area contributed by atoms with Crippen LogP contribution in [-0.2, 0) is 19.8 Å². The fraction of sp³-hybridized carbons (Fsp3) is 0.240. The summed E-state index contributed by atoms with van der Waals surface area (Å²) in [5.41, 5.74) is 1.30. The van der Waals surface area contributed by atoms with Gasteiger partial charge in [-0.15, -0.1) is 0 Å². The summed E-state index contributed by atoms with van der Waals surface area (Å²) in [6.07, 6.45) is -0.670. The van der Waals surface area contributed by atoms with Crippen molar-refractivity contribution in [3.63, 3.8) is 0 Å². The molecule has 0 aliphatic rings. The van der Waals surface area contributed by atoms with E-state index in [4.69, 9.17) is 0 Å². The van der Waals surface area contributed by atoms with Gasteiger partial charge in [0.25, 0.3) is 0 Å². The van der Waals surface area contributed by atoms with Crippen molar-refractivity contribution in [2.45, 2.75) is 32.5 Å². The van der Waals surface area contributed by atoms with Crippen LogP contribution in [0.3, 0.4) is 0 Å². The van der Waals surface area contributed by atoms with Crippen LogP contribution in [0.5, 0.6) is 0 Å². The largest absolute Gasteiger partial charge is 0.434 e. The van der Waals surface area contributed by atoms with Gasteiger partial charge in [0.05, 0.1) is 23.0 Å². The van der Waals surface area contributed by atoms with Crippen molar-refractivity contribution in [1.82, 2.24) is 29.1 Å². The number of benzene rings is 1. The summed E-state index contributed by atoms with van der Waals surface area (Å²) in [5.74, 6) is -0.160. The smallest absolute Gasteiger partial charge is 0.332 e. The zero-order valence-electron chi connectivity index (χ0n) is 19.9. The van der Waals surface area contributed by atoms with Crippen LogP contribution in [-0.4, -0.2) is 29.1 Å². The molecule has 12 heteroatoms. The van der Waals surface area contributed by atoms with Crippen LogP contribution >= 0.6 is 11.3 Å². The summed E-state index contributed by atoms with van der Waals surface area (Å²) in [5, 5.41) is 0. The molecular formula is C25H20F4N6OS. The van der Waals surface area contributed by atoms with Crippen molar-refractivity contribution in [3.8, 4) is 22.9 Å². The van der Waals surface area contributed by atoms with E-state index in [9.17, 15) is 22.4 Å². The van der Waals surface area contributed by atoms with Crippen LogP contribution in [0.2, 0.25) is 0 Å². The Morgan fingerprint density at radius 2 is 1.84 bits per heavy atom. The van der Waals surface area contributed by atoms with E-state index in [1.165, 1.54) is 34.6 Å². The Morgan fingerprint density at radius 1 is 1.05 bits per heavy atom. The molecule has 0 saturated heterocycles. The van der Waals surface area contributed by atoms with Crippen LogP contribution in [0.15, 0.2) is 53.7 Å². The third kappa shape index (κ3) is 4.64. The third-order valence-electron chi connectivity index (χ3n) is 5.86. The molecule has 0 aliphatic heterocycles. The number of alkyl halides is 3. The lowest BCUT2D eigenvalue weighted by atomic mass is 9.96. The van der Waals surface area contributed by atoms with E-state index >= 15 is 0 Å². The fourth-order valence-corrected chi connectivity index (χ4v) is 4.86. The second-order valence-electron chi connectivity index (χ2n) is 8.80. The lowest BCUT2D eigenvalue weighted by Gasteiger charge is -2.13. The van der Waals surface area contributed by atoms with Gasteiger partial charge in [-0.25, -0.2) is 19.3 Å². The molecule has 5 aromatic rings. The number of aromatic nitrogens is 6. The minimum Gasteiger partial charge on any atom is -0.332 e. The number of halogens is 4. The monoisotopic (exact) mass is 528 g/mol. The van der Waals surface area contributed by atoms with Crippen molar-refractivity contribution in [2.75, 3.05) is 0 Å². The van der Waals surface area contributed by atoms with Crippen molar-refractivity contribution in [3.05, 3.63) is 81.2 Å². The first kappa shape index (κ1) is 24.8. The molecule has 0 amide bonds. The average molecular weight is 529 g/mol. The van der Waals surface area contributed by atoms with E-state index in [2.05, 4.69) is 19.9 Å². The van der Waals surface area contributed by atoms with Crippen LogP contribution < -0.4 is 4.87 Å². The highest BCUT2D eigenvalue weighted by molar-refractivity contribution is 7.16. The Bertz CT molecular complexity index is 1670. The van der Waals surface area contributed by atoms with Crippen molar-refractivity contribution < 1.29 is 17.6 Å². The quantitative estimate of drug-likeness (QED) is 0.276. The van der Waals surface area contributed by atoms with Gasteiger partial charge < -0.3 is 4.57 Å². The first-order valence-corrected chi connectivity index (χ1v) is 12.1. The van der Waals surface area contributed by atoms with Gasteiger partial charge in [-0.1, -0.05) is 43.4 Å². The van der Waals surface area contributed by atoms with Gasteiger partial charge in [0.15, 0.2) is 23.0 Å². The molecule has 0 spiro atoms. The maximum absolute atomic E-state index is 14.8. The van der Waals surface area contributed by atoms with E-state index in [0.717, 1.165) is 23.1 Å². The summed E-state index contributed by atoms with van der Waals surface area (Å²) < 4.78 is 57.1. The third-order valence-corrected chi connectivity index (χ3v) is 6.77. The summed E-state index contributed by atoms with van der Waals surface area (Å²) >= 11 is 0.972. The van der Waals surface area contributed by atoms with Crippen molar-refractivity contribution >= 4 is 21.7 Å². The molecule has 0 bridgehead atoms. The summed E-state index contributed by atoms with van der Waals surface area (Å²) in [6.45, 7) is 4.01. The molecule has 190 valence electrons. The SMILES string of the molecule is CC(C)c1cccc(F)c1-c1ncc2sc(=O)n(Cc3ccc(-c4nc(C(F)(F)F)cn4C)nc3)c2n1. The molecule has 0 radical (unpaired) electrons. The molecular weight excluding hydrogens is 508 g/mol. The molecule has 4 heterocycles. The normalized spacial score (nSPS) is 12.1. The number of imidazole rings is 1. The molecule has 5 rings (SSSR count). The Kier molecular flexibility index (Phi) is 6.14. The van der Waals surface area contributed by atoms with E-state index in [1.807, 2.05) is 19.9 Å². The zero-order valence-corrected chi connectivity index (χ0v) is 20.7. The minimum atomic E-state index is -4.56. The highest BCUT2D eigenvalue weighted by Gasteiger charge is 2.34. The summed E-state index contributed by atoms with van der Waals surface area (Å²) in [7, 11) is 1.46. The highest BCUT2D eigenvalue weighted by Crippen LogP contribution is 2.32. The molecule has 0 N–H and O–H groups in total. The van der Waals surface area contributed by atoms with Crippen LogP contribution in [0, 0.1) is 5.82 Å². The number of nitrogens with zero attached hydrogens (tertiary/aromatic N) is 6. The molecule has 0 saturated carbocycles.